The lowest BCUT2D eigenvalue weighted by atomic mass is 9.97. The second-order valence-corrected chi connectivity index (χ2v) is 13.8. The summed E-state index contributed by atoms with van der Waals surface area (Å²) in [7, 11) is 0. The van der Waals surface area contributed by atoms with Crippen LogP contribution in [-0.4, -0.2) is 267 Å². The van der Waals surface area contributed by atoms with Crippen LogP contribution in [0.15, 0.2) is 0 Å². The largest absolute Gasteiger partial charge is 0.394 e. The van der Waals surface area contributed by atoms with Crippen molar-refractivity contribution in [2.24, 2.45) is 0 Å². The van der Waals surface area contributed by atoms with Gasteiger partial charge in [-0.15, -0.1) is 0 Å². The number of hydrogen-bond donors (Lipinski definition) is 17. The molecule has 5 saturated heterocycles. The van der Waals surface area contributed by atoms with Gasteiger partial charge in [0.2, 0.25) is 6.29 Å². The van der Waals surface area contributed by atoms with E-state index in [1.54, 1.807) is 0 Å². The molecular weight excluding hydrogens is 780 g/mol. The van der Waals surface area contributed by atoms with Crippen LogP contribution in [0.3, 0.4) is 0 Å². The molecule has 0 radical (unpaired) electrons. The summed E-state index contributed by atoms with van der Waals surface area (Å²) in [5.41, 5.74) is 0. The molecule has 56 heavy (non-hydrogen) atoms. The molecule has 0 aromatic heterocycles. The highest BCUT2D eigenvalue weighted by Crippen LogP contribution is 2.31. The number of rotatable bonds is 13. The minimum absolute atomic E-state index is 0.681. The van der Waals surface area contributed by atoms with Gasteiger partial charge in [0, 0.05) is 0 Å². The molecule has 0 saturated carbocycles. The van der Waals surface area contributed by atoms with Crippen molar-refractivity contribution >= 4 is 0 Å². The molecule has 0 unspecified atom stereocenters. The van der Waals surface area contributed by atoms with Crippen molar-refractivity contribution in [3.8, 4) is 0 Å². The zero-order chi connectivity index (χ0) is 41.3. The lowest BCUT2D eigenvalue weighted by Crippen LogP contribution is -2.64. The summed E-state index contributed by atoms with van der Waals surface area (Å²) in [5.74, 6) is 0. The lowest BCUT2D eigenvalue weighted by molar-refractivity contribution is -0.442. The summed E-state index contributed by atoms with van der Waals surface area (Å²) in [4.78, 5) is 4.01. The van der Waals surface area contributed by atoms with Gasteiger partial charge in [0.15, 0.2) is 31.5 Å². The van der Waals surface area contributed by atoms with E-state index in [0.717, 1.165) is 0 Å². The summed E-state index contributed by atoms with van der Waals surface area (Å²) in [6.07, 6.45) is -46.0. The molecule has 328 valence electrons. The number of aliphatic hydroxyl groups is 16. The van der Waals surface area contributed by atoms with Crippen LogP contribution in [0.5, 0.6) is 0 Å². The minimum Gasteiger partial charge on any atom is -0.394 e. The van der Waals surface area contributed by atoms with E-state index in [1.807, 2.05) is 0 Å². The third-order valence-corrected chi connectivity index (χ3v) is 10.0. The second-order valence-electron chi connectivity index (χ2n) is 13.8. The van der Waals surface area contributed by atoms with Crippen LogP contribution < -0.4 is 0 Å². The van der Waals surface area contributed by atoms with Crippen LogP contribution in [0.4, 0.5) is 0 Å². The van der Waals surface area contributed by atoms with E-state index in [2.05, 4.69) is 4.89 Å². The minimum atomic E-state index is -2.04. The fourth-order valence-corrected chi connectivity index (χ4v) is 6.53. The maximum Gasteiger partial charge on any atom is 0.222 e. The van der Waals surface area contributed by atoms with Gasteiger partial charge in [-0.3, -0.25) is 0 Å². The molecule has 27 heteroatoms. The highest BCUT2D eigenvalue weighted by atomic mass is 17.1. The maximum atomic E-state index is 10.6. The standard InChI is InChI=1S/C29H50O27/c30-1-5-9(31)13(35)19(41)25(50-5)47-2-6-10(32)14(36)20(42)26(51-6)48-3-7-11(33)15(37)21(43)27(52-7)49-4-8-12(34)16(38)22(44)28(53-8)54-23-17(39)18(40)24(45)55-29(23)56-46/h5-46H,1-4H2/t5-,6-,7-,8-,9-,10-,11-,12-,13+,14+,15+,16+,17-,18-,19-,20-,21-,22-,23+,24+,25+,26+,27+,28-,29-/m1/s1. The number of hydrogen-bond acceptors (Lipinski definition) is 27. The first-order valence-electron chi connectivity index (χ1n) is 17.3. The highest BCUT2D eigenvalue weighted by molar-refractivity contribution is 4.95. The van der Waals surface area contributed by atoms with Crippen molar-refractivity contribution in [1.29, 1.82) is 0 Å². The molecule has 0 bridgehead atoms. The van der Waals surface area contributed by atoms with E-state index in [4.69, 9.17) is 47.9 Å². The summed E-state index contributed by atoms with van der Waals surface area (Å²) < 4.78 is 48.1. The zero-order valence-corrected chi connectivity index (χ0v) is 28.9. The van der Waals surface area contributed by atoms with Crippen LogP contribution in [0.1, 0.15) is 0 Å². The van der Waals surface area contributed by atoms with E-state index in [1.165, 1.54) is 0 Å². The van der Waals surface area contributed by atoms with Gasteiger partial charge < -0.3 is 124 Å². The van der Waals surface area contributed by atoms with E-state index >= 15 is 0 Å². The van der Waals surface area contributed by atoms with Crippen molar-refractivity contribution in [2.45, 2.75) is 154 Å². The summed E-state index contributed by atoms with van der Waals surface area (Å²) in [6, 6.07) is 0. The molecule has 25 atom stereocenters. The Labute approximate surface area is 314 Å². The summed E-state index contributed by atoms with van der Waals surface area (Å²) in [6.45, 7) is -3.01. The van der Waals surface area contributed by atoms with Gasteiger partial charge in [-0.1, -0.05) is 0 Å². The third kappa shape index (κ3) is 9.60. The van der Waals surface area contributed by atoms with Crippen LogP contribution in [0.2, 0.25) is 0 Å². The molecule has 17 N–H and O–H groups in total. The topological polar surface area (TPSA) is 436 Å². The zero-order valence-electron chi connectivity index (χ0n) is 28.9. The molecule has 0 aromatic carbocycles. The molecule has 0 amide bonds. The molecule has 5 fully saturated rings. The molecule has 5 heterocycles. The summed E-state index contributed by atoms with van der Waals surface area (Å²) in [5, 5.41) is 173. The molecule has 27 nitrogen and oxygen atoms in total. The Morgan fingerprint density at radius 2 is 0.679 bits per heavy atom. The Morgan fingerprint density at radius 1 is 0.339 bits per heavy atom. The SMILES string of the molecule is OC[C@H]1O[C@H](OC[C@H]2O[C@H](OC[C@H]3O[C@H](OC[C@H]4O[C@H](O[C@@H]5[C@@H](OO)O[C@H](O)[C@H](O)[C@H]5O)[C@H](O)[C@@H](O)[C@@H]4O)[C@H](O)[C@@H](O)[C@@H]3O)[C@H](O)[C@@H](O)[C@@H]2O)[C@H](O)[C@@H](O)[C@@H]1O. The average molecular weight is 831 g/mol. The Morgan fingerprint density at radius 3 is 1.05 bits per heavy atom. The number of aliphatic hydroxyl groups excluding tert-OH is 16. The normalized spacial score (nSPS) is 53.2. The van der Waals surface area contributed by atoms with Crippen molar-refractivity contribution in [3.05, 3.63) is 0 Å². The van der Waals surface area contributed by atoms with Crippen molar-refractivity contribution in [2.75, 3.05) is 26.4 Å². The van der Waals surface area contributed by atoms with Gasteiger partial charge in [-0.25, -0.2) is 10.1 Å². The fraction of sp³-hybridized carbons (Fsp3) is 1.00. The van der Waals surface area contributed by atoms with Crippen LogP contribution in [-0.2, 0) is 47.5 Å². The van der Waals surface area contributed by atoms with Crippen molar-refractivity contribution in [3.63, 3.8) is 0 Å². The van der Waals surface area contributed by atoms with Crippen molar-refractivity contribution in [1.82, 2.24) is 0 Å². The summed E-state index contributed by atoms with van der Waals surface area (Å²) >= 11 is 0. The van der Waals surface area contributed by atoms with Gasteiger partial charge >= 0.3 is 0 Å². The highest BCUT2D eigenvalue weighted by Gasteiger charge is 2.53. The molecule has 5 rings (SSSR count). The number of ether oxygens (including phenoxy) is 9. The monoisotopic (exact) mass is 830 g/mol. The van der Waals surface area contributed by atoms with Crippen molar-refractivity contribution < 1.29 is 134 Å². The average Bonchev–Trinajstić information content (AvgIpc) is 3.18. The first kappa shape index (κ1) is 46.0. The predicted octanol–water partition coefficient (Wildman–Crippen LogP) is -11.5. The molecule has 0 spiro atoms. The molecular formula is C29H50O27. The predicted molar refractivity (Wildman–Crippen MR) is 163 cm³/mol. The van der Waals surface area contributed by atoms with Gasteiger partial charge in [-0.2, -0.15) is 0 Å². The van der Waals surface area contributed by atoms with Crippen LogP contribution >= 0.6 is 0 Å². The molecule has 0 aromatic rings. The fourth-order valence-electron chi connectivity index (χ4n) is 6.53. The van der Waals surface area contributed by atoms with E-state index in [-0.39, 0.29) is 0 Å². The smallest absolute Gasteiger partial charge is 0.222 e. The Hall–Kier alpha value is -1.08. The van der Waals surface area contributed by atoms with E-state index < -0.39 is 180 Å². The van der Waals surface area contributed by atoms with Crippen LogP contribution in [0, 0.1) is 0 Å². The third-order valence-electron chi connectivity index (χ3n) is 10.0. The molecule has 5 aliphatic heterocycles. The van der Waals surface area contributed by atoms with E-state index in [9.17, 15) is 81.7 Å². The van der Waals surface area contributed by atoms with Crippen LogP contribution in [0.25, 0.3) is 0 Å². The maximum absolute atomic E-state index is 10.6. The molecule has 5 aliphatic rings. The Balaban J connectivity index is 1.17. The van der Waals surface area contributed by atoms with Gasteiger partial charge in [-0.05, 0) is 0 Å². The van der Waals surface area contributed by atoms with Gasteiger partial charge in [0.1, 0.15) is 116 Å². The lowest BCUT2D eigenvalue weighted by Gasteiger charge is -2.45. The first-order chi connectivity index (χ1) is 26.4. The van der Waals surface area contributed by atoms with Gasteiger partial charge in [0.05, 0.1) is 26.4 Å². The molecule has 0 aliphatic carbocycles. The Bertz CT molecular complexity index is 1200. The first-order valence-corrected chi connectivity index (χ1v) is 17.3. The van der Waals surface area contributed by atoms with E-state index in [0.29, 0.717) is 0 Å². The second kappa shape index (κ2) is 19.5. The quantitative estimate of drug-likeness (QED) is 0.0605. The Kier molecular flexibility index (Phi) is 16.0. The van der Waals surface area contributed by atoms with Gasteiger partial charge in [0.25, 0.3) is 0 Å².